The first-order chi connectivity index (χ1) is 19.8. The van der Waals surface area contributed by atoms with Crippen molar-refractivity contribution in [2.24, 2.45) is 5.41 Å². The summed E-state index contributed by atoms with van der Waals surface area (Å²) in [4.78, 5) is 72.2. The minimum Gasteiger partial charge on any atom is -0.466 e. The van der Waals surface area contributed by atoms with Gasteiger partial charge in [-0.3, -0.25) is 29.5 Å². The number of carbonyl (C=O) groups excluding carboxylic acids is 4. The lowest BCUT2D eigenvalue weighted by molar-refractivity contribution is -0.146. The third kappa shape index (κ3) is 8.18. The summed E-state index contributed by atoms with van der Waals surface area (Å²) in [6.45, 7) is 11.1. The Morgan fingerprint density at radius 2 is 1.67 bits per heavy atom. The van der Waals surface area contributed by atoms with Crippen LogP contribution < -0.4 is 21.5 Å². The minimum absolute atomic E-state index is 0.0427. The monoisotopic (exact) mass is 582 g/mol. The number of carbonyl (C=O) groups is 4. The van der Waals surface area contributed by atoms with Crippen molar-refractivity contribution in [1.29, 1.82) is 0 Å². The SMILES string of the molecule is CCOC(=O)CC[C@H](NC(=O)c1ccc(NCc2c(C)[nH]c3nc(NC(=O)C(C)(C)C)[nH]c(=O)c23)cc1)C(=O)OCC. The van der Waals surface area contributed by atoms with Gasteiger partial charge >= 0.3 is 11.9 Å². The van der Waals surface area contributed by atoms with Gasteiger partial charge in [0.2, 0.25) is 11.9 Å². The molecule has 0 radical (unpaired) electrons. The zero-order valence-electron chi connectivity index (χ0n) is 24.7. The van der Waals surface area contributed by atoms with Crippen molar-refractivity contribution in [1.82, 2.24) is 20.3 Å². The van der Waals surface area contributed by atoms with Crippen molar-refractivity contribution < 1.29 is 28.7 Å². The highest BCUT2D eigenvalue weighted by molar-refractivity contribution is 5.97. The third-order valence-corrected chi connectivity index (χ3v) is 6.33. The lowest BCUT2D eigenvalue weighted by atomic mass is 9.96. The number of aromatic nitrogens is 3. The van der Waals surface area contributed by atoms with Gasteiger partial charge in [-0.25, -0.2) is 4.79 Å². The highest BCUT2D eigenvalue weighted by Gasteiger charge is 2.25. The van der Waals surface area contributed by atoms with Gasteiger partial charge in [0, 0.05) is 40.9 Å². The molecule has 2 aromatic heterocycles. The predicted molar refractivity (Wildman–Crippen MR) is 157 cm³/mol. The first-order valence-corrected chi connectivity index (χ1v) is 13.7. The van der Waals surface area contributed by atoms with E-state index in [1.165, 1.54) is 0 Å². The molecule has 0 saturated carbocycles. The molecule has 0 aliphatic heterocycles. The van der Waals surface area contributed by atoms with Crippen LogP contribution in [-0.2, 0) is 30.4 Å². The van der Waals surface area contributed by atoms with Crippen LogP contribution >= 0.6 is 0 Å². The Bertz CT molecular complexity index is 1500. The number of rotatable bonds is 12. The number of H-pyrrole nitrogens is 2. The molecule has 13 nitrogen and oxygen atoms in total. The van der Waals surface area contributed by atoms with Gasteiger partial charge in [0.05, 0.1) is 18.6 Å². The Balaban J connectivity index is 1.68. The highest BCUT2D eigenvalue weighted by Crippen LogP contribution is 2.21. The van der Waals surface area contributed by atoms with Crippen molar-refractivity contribution in [2.75, 3.05) is 23.8 Å². The second-order valence-electron chi connectivity index (χ2n) is 10.6. The summed E-state index contributed by atoms with van der Waals surface area (Å²) in [5.74, 6) is -1.81. The fourth-order valence-corrected chi connectivity index (χ4v) is 4.02. The lowest BCUT2D eigenvalue weighted by Crippen LogP contribution is -2.42. The van der Waals surface area contributed by atoms with Gasteiger partial charge in [0.15, 0.2) is 0 Å². The minimum atomic E-state index is -1.00. The summed E-state index contributed by atoms with van der Waals surface area (Å²) in [6, 6.07) is 5.57. The first kappa shape index (κ1) is 31.8. The number of aryl methyl sites for hydroxylation is 1. The van der Waals surface area contributed by atoms with Gasteiger partial charge in [-0.05, 0) is 51.5 Å². The maximum absolute atomic E-state index is 12.9. The zero-order valence-corrected chi connectivity index (χ0v) is 24.7. The number of nitrogens with zero attached hydrogens (tertiary/aromatic N) is 1. The number of amides is 2. The molecule has 2 heterocycles. The Morgan fingerprint density at radius 1 is 1.00 bits per heavy atom. The van der Waals surface area contributed by atoms with Crippen LogP contribution in [-0.4, -0.2) is 58.0 Å². The number of anilines is 2. The molecule has 0 spiro atoms. The Kier molecular flexibility index (Phi) is 10.5. The summed E-state index contributed by atoms with van der Waals surface area (Å²) in [7, 11) is 0. The van der Waals surface area contributed by atoms with E-state index in [2.05, 4.69) is 30.9 Å². The molecule has 2 amide bonds. The number of esters is 2. The van der Waals surface area contributed by atoms with E-state index >= 15 is 0 Å². The highest BCUT2D eigenvalue weighted by atomic mass is 16.5. The number of fused-ring (bicyclic) bond motifs is 1. The van der Waals surface area contributed by atoms with Crippen molar-refractivity contribution in [3.8, 4) is 0 Å². The Hall–Kier alpha value is -4.68. The van der Waals surface area contributed by atoms with Gasteiger partial charge in [-0.2, -0.15) is 4.98 Å². The van der Waals surface area contributed by atoms with Gasteiger partial charge < -0.3 is 25.1 Å². The molecule has 5 N–H and O–H groups in total. The maximum Gasteiger partial charge on any atom is 0.328 e. The molecule has 42 heavy (non-hydrogen) atoms. The fraction of sp³-hybridized carbons (Fsp3) is 0.448. The molecule has 0 bridgehead atoms. The van der Waals surface area contributed by atoms with Crippen LogP contribution in [0.2, 0.25) is 0 Å². The van der Waals surface area contributed by atoms with E-state index in [0.717, 1.165) is 5.69 Å². The molecule has 0 fully saturated rings. The normalized spacial score (nSPS) is 12.0. The Morgan fingerprint density at radius 3 is 2.29 bits per heavy atom. The standard InChI is InChI=1S/C29H38N6O7/c1-7-41-21(36)14-13-20(26(39)42-8-2)32-24(37)17-9-11-18(12-10-17)30-15-19-16(3)31-23-22(19)25(38)34-28(33-23)35-27(40)29(4,5)6/h9-12,20,30H,7-8,13-15H2,1-6H3,(H,32,37)(H3,31,33,34,35,38,40)/t20-/m0/s1. The number of hydrogen-bond donors (Lipinski definition) is 5. The predicted octanol–water partition coefficient (Wildman–Crippen LogP) is 3.16. The number of nitrogens with one attached hydrogen (secondary N) is 5. The third-order valence-electron chi connectivity index (χ3n) is 6.33. The van der Waals surface area contributed by atoms with Crippen LogP contribution in [0.4, 0.5) is 11.6 Å². The molecular formula is C29H38N6O7. The molecule has 3 rings (SSSR count). The largest absolute Gasteiger partial charge is 0.466 e. The molecule has 0 aliphatic carbocycles. The summed E-state index contributed by atoms with van der Waals surface area (Å²) >= 11 is 0. The van der Waals surface area contributed by atoms with Crippen molar-refractivity contribution in [3.63, 3.8) is 0 Å². The fourth-order valence-electron chi connectivity index (χ4n) is 4.02. The molecule has 0 aliphatic rings. The number of aromatic amines is 2. The van der Waals surface area contributed by atoms with Crippen LogP contribution in [0.5, 0.6) is 0 Å². The van der Waals surface area contributed by atoms with E-state index in [1.54, 1.807) is 58.9 Å². The molecule has 13 heteroatoms. The number of benzene rings is 1. The van der Waals surface area contributed by atoms with Gasteiger partial charge in [0.1, 0.15) is 11.7 Å². The first-order valence-electron chi connectivity index (χ1n) is 13.7. The van der Waals surface area contributed by atoms with E-state index < -0.39 is 34.9 Å². The molecule has 1 aromatic carbocycles. The van der Waals surface area contributed by atoms with E-state index in [4.69, 9.17) is 9.47 Å². The molecule has 0 unspecified atom stereocenters. The van der Waals surface area contributed by atoms with Crippen LogP contribution in [0.1, 0.15) is 69.1 Å². The van der Waals surface area contributed by atoms with Crippen LogP contribution in [0.25, 0.3) is 11.0 Å². The van der Waals surface area contributed by atoms with E-state index in [9.17, 15) is 24.0 Å². The summed E-state index contributed by atoms with van der Waals surface area (Å²) in [5.41, 5.74) is 1.73. The number of ether oxygens (including phenoxy) is 2. The van der Waals surface area contributed by atoms with Gasteiger partial charge in [-0.15, -0.1) is 0 Å². The van der Waals surface area contributed by atoms with Crippen molar-refractivity contribution >= 4 is 46.4 Å². The second-order valence-corrected chi connectivity index (χ2v) is 10.6. The van der Waals surface area contributed by atoms with Gasteiger partial charge in [-0.1, -0.05) is 20.8 Å². The maximum atomic E-state index is 12.9. The summed E-state index contributed by atoms with van der Waals surface area (Å²) in [6.07, 6.45) is 0.00436. The van der Waals surface area contributed by atoms with Crippen LogP contribution in [0.15, 0.2) is 29.1 Å². The topological polar surface area (TPSA) is 184 Å². The second kappa shape index (κ2) is 13.8. The summed E-state index contributed by atoms with van der Waals surface area (Å²) < 4.78 is 9.94. The molecule has 1 atom stereocenters. The van der Waals surface area contributed by atoms with Crippen molar-refractivity contribution in [3.05, 3.63) is 51.4 Å². The summed E-state index contributed by atoms with van der Waals surface area (Å²) in [5, 5.41) is 8.87. The quantitative estimate of drug-likeness (QED) is 0.200. The molecule has 0 saturated heterocycles. The van der Waals surface area contributed by atoms with Crippen LogP contribution in [0.3, 0.4) is 0 Å². The van der Waals surface area contributed by atoms with Gasteiger partial charge in [0.25, 0.3) is 11.5 Å². The van der Waals surface area contributed by atoms with Crippen LogP contribution in [0, 0.1) is 12.3 Å². The molecule has 226 valence electrons. The average molecular weight is 583 g/mol. The number of hydrogen-bond acceptors (Lipinski definition) is 9. The zero-order chi connectivity index (χ0) is 31.0. The van der Waals surface area contributed by atoms with E-state index in [-0.39, 0.29) is 44.5 Å². The average Bonchev–Trinajstić information content (AvgIpc) is 3.24. The smallest absolute Gasteiger partial charge is 0.328 e. The molecule has 3 aromatic rings. The van der Waals surface area contributed by atoms with E-state index in [1.807, 2.05) is 6.92 Å². The lowest BCUT2D eigenvalue weighted by Gasteiger charge is -2.17. The van der Waals surface area contributed by atoms with Crippen molar-refractivity contribution in [2.45, 2.75) is 67.0 Å². The Labute approximate surface area is 243 Å². The molecular weight excluding hydrogens is 544 g/mol. The van der Waals surface area contributed by atoms with E-state index in [0.29, 0.717) is 27.8 Å².